The molecule has 0 saturated carbocycles. The van der Waals surface area contributed by atoms with E-state index in [-0.39, 0.29) is 40.8 Å². The van der Waals surface area contributed by atoms with Crippen LogP contribution in [0.15, 0.2) is 30.7 Å². The van der Waals surface area contributed by atoms with Crippen molar-refractivity contribution in [2.75, 3.05) is 63.8 Å². The van der Waals surface area contributed by atoms with Crippen LogP contribution in [0.1, 0.15) is 63.7 Å². The number of anilines is 1. The standard InChI is InChI=1S/C34H49FN8O4S/c1-23(2)43(24(3)4)33(44)29-13-26(35)5-6-30(29)47-31-16-36-22-38-32(31)40-20-34(21-40)8-11-39(12-9-34)17-25-7-10-41(18-25)48(45,46)42-19-27-14-28(42)15-37-27/h5-6,13,16,22-25,27-28,37H,7-12,14-15,17-21H2,1-4H3/t25-,27+,28+/m1/s1. The normalized spacial score (nSPS) is 26.1. The topological polar surface area (TPSA) is 114 Å². The number of aromatic nitrogens is 2. The van der Waals surface area contributed by atoms with Gasteiger partial charge < -0.3 is 24.8 Å². The van der Waals surface area contributed by atoms with E-state index in [1.807, 2.05) is 27.7 Å². The molecule has 5 aliphatic rings. The molecule has 262 valence electrons. The molecule has 0 unspecified atom stereocenters. The minimum Gasteiger partial charge on any atom is -0.451 e. The summed E-state index contributed by atoms with van der Waals surface area (Å²) in [5, 5.41) is 3.40. The minimum absolute atomic E-state index is 0.0651. The number of amides is 1. The molecule has 6 heterocycles. The zero-order chi connectivity index (χ0) is 33.8. The number of halogens is 1. The number of likely N-dealkylation sites (tertiary alicyclic amines) is 1. The largest absolute Gasteiger partial charge is 0.451 e. The molecule has 5 saturated heterocycles. The summed E-state index contributed by atoms with van der Waals surface area (Å²) in [6.07, 6.45) is 7.09. The number of fused-ring (bicyclic) bond motifs is 2. The molecule has 5 aliphatic heterocycles. The van der Waals surface area contributed by atoms with Crippen LogP contribution in [0.3, 0.4) is 0 Å². The van der Waals surface area contributed by atoms with Gasteiger partial charge >= 0.3 is 0 Å². The number of ether oxygens (including phenoxy) is 1. The van der Waals surface area contributed by atoms with Crippen molar-refractivity contribution in [3.63, 3.8) is 0 Å². The van der Waals surface area contributed by atoms with Crippen LogP contribution in [0, 0.1) is 17.2 Å². The Balaban J connectivity index is 0.942. The van der Waals surface area contributed by atoms with Gasteiger partial charge in [0.15, 0.2) is 11.6 Å². The summed E-state index contributed by atoms with van der Waals surface area (Å²) in [5.41, 5.74) is 0.363. The van der Waals surface area contributed by atoms with Crippen LogP contribution in [0.2, 0.25) is 0 Å². The molecule has 1 spiro atoms. The molecule has 2 aromatic rings. The second-order valence-electron chi connectivity index (χ2n) is 15.1. The fourth-order valence-electron chi connectivity index (χ4n) is 8.61. The number of rotatable bonds is 10. The molecule has 14 heteroatoms. The Morgan fingerprint density at radius 3 is 2.52 bits per heavy atom. The number of benzene rings is 1. The van der Waals surface area contributed by atoms with Crippen molar-refractivity contribution >= 4 is 21.9 Å². The first-order valence-electron chi connectivity index (χ1n) is 17.5. The Labute approximate surface area is 283 Å². The molecule has 0 aliphatic carbocycles. The number of hydrogen-bond donors (Lipinski definition) is 1. The van der Waals surface area contributed by atoms with E-state index in [2.05, 4.69) is 25.1 Å². The lowest BCUT2D eigenvalue weighted by molar-refractivity contribution is 0.0640. The van der Waals surface area contributed by atoms with E-state index >= 15 is 0 Å². The van der Waals surface area contributed by atoms with Gasteiger partial charge in [-0.25, -0.2) is 14.4 Å². The summed E-state index contributed by atoms with van der Waals surface area (Å²) in [5.74, 6) is 0.951. The van der Waals surface area contributed by atoms with Crippen molar-refractivity contribution in [2.45, 2.75) is 77.5 Å². The molecule has 7 rings (SSSR count). The zero-order valence-corrected chi connectivity index (χ0v) is 29.3. The highest BCUT2D eigenvalue weighted by atomic mass is 32.2. The molecule has 1 aromatic carbocycles. The van der Waals surface area contributed by atoms with Gasteiger partial charge in [-0.3, -0.25) is 4.79 Å². The van der Waals surface area contributed by atoms with E-state index in [1.54, 1.807) is 19.7 Å². The first kappa shape index (κ1) is 33.6. The molecule has 5 fully saturated rings. The third-order valence-corrected chi connectivity index (χ3v) is 13.1. The van der Waals surface area contributed by atoms with Crippen molar-refractivity contribution in [3.8, 4) is 11.5 Å². The van der Waals surface area contributed by atoms with E-state index in [4.69, 9.17) is 4.74 Å². The van der Waals surface area contributed by atoms with Gasteiger partial charge in [0, 0.05) is 75.4 Å². The maximum atomic E-state index is 14.4. The Hall–Kier alpha value is -2.91. The van der Waals surface area contributed by atoms with Crippen molar-refractivity contribution in [1.82, 2.24) is 33.7 Å². The molecular formula is C34H49FN8O4S. The predicted molar refractivity (Wildman–Crippen MR) is 181 cm³/mol. The van der Waals surface area contributed by atoms with E-state index in [0.29, 0.717) is 43.2 Å². The molecule has 2 bridgehead atoms. The Morgan fingerprint density at radius 1 is 1.10 bits per heavy atom. The molecule has 0 radical (unpaired) electrons. The van der Waals surface area contributed by atoms with E-state index in [9.17, 15) is 17.6 Å². The Kier molecular flexibility index (Phi) is 9.16. The summed E-state index contributed by atoms with van der Waals surface area (Å²) in [6.45, 7) is 15.0. The number of piperazine rings is 1. The van der Waals surface area contributed by atoms with Crippen LogP contribution in [0.25, 0.3) is 0 Å². The molecule has 48 heavy (non-hydrogen) atoms. The third kappa shape index (κ3) is 6.41. The van der Waals surface area contributed by atoms with Crippen LogP contribution in [-0.4, -0.2) is 126 Å². The van der Waals surface area contributed by atoms with Gasteiger partial charge in [-0.1, -0.05) is 0 Å². The average molecular weight is 685 g/mol. The SMILES string of the molecule is CC(C)N(C(=O)c1cc(F)ccc1Oc1cncnc1N1CC2(CCN(C[C@H]3CCN(S(=O)(=O)N4C[C@@H]5C[C@H]4CN5)C3)CC2)C1)C(C)C. The highest BCUT2D eigenvalue weighted by Gasteiger charge is 2.49. The average Bonchev–Trinajstić information content (AvgIpc) is 3.80. The van der Waals surface area contributed by atoms with Gasteiger partial charge in [0.25, 0.3) is 16.1 Å². The van der Waals surface area contributed by atoms with Gasteiger partial charge in [0.1, 0.15) is 17.9 Å². The van der Waals surface area contributed by atoms with Crippen LogP contribution in [0.5, 0.6) is 11.5 Å². The number of nitrogens with zero attached hydrogens (tertiary/aromatic N) is 7. The highest BCUT2D eigenvalue weighted by molar-refractivity contribution is 7.86. The third-order valence-electron chi connectivity index (χ3n) is 11.1. The van der Waals surface area contributed by atoms with E-state index < -0.39 is 16.0 Å². The van der Waals surface area contributed by atoms with E-state index in [0.717, 1.165) is 65.0 Å². The van der Waals surface area contributed by atoms with Gasteiger partial charge in [-0.2, -0.15) is 17.0 Å². The molecule has 1 N–H and O–H groups in total. The van der Waals surface area contributed by atoms with Crippen LogP contribution in [0.4, 0.5) is 10.2 Å². The number of carbonyl (C=O) groups is 1. The Morgan fingerprint density at radius 2 is 1.85 bits per heavy atom. The fraction of sp³-hybridized carbons (Fsp3) is 0.676. The molecular weight excluding hydrogens is 635 g/mol. The summed E-state index contributed by atoms with van der Waals surface area (Å²) in [4.78, 5) is 28.7. The lowest BCUT2D eigenvalue weighted by Crippen LogP contribution is -2.61. The van der Waals surface area contributed by atoms with Crippen molar-refractivity contribution in [3.05, 3.63) is 42.1 Å². The molecule has 1 amide bonds. The second-order valence-corrected chi connectivity index (χ2v) is 17.0. The van der Waals surface area contributed by atoms with Crippen LogP contribution in [-0.2, 0) is 10.2 Å². The summed E-state index contributed by atoms with van der Waals surface area (Å²) in [6, 6.07) is 4.32. The quantitative estimate of drug-likeness (QED) is 0.403. The molecule has 12 nitrogen and oxygen atoms in total. The monoisotopic (exact) mass is 684 g/mol. The van der Waals surface area contributed by atoms with Gasteiger partial charge in [0.05, 0.1) is 11.8 Å². The van der Waals surface area contributed by atoms with E-state index in [1.165, 1.54) is 24.5 Å². The number of carbonyl (C=O) groups excluding carboxylic acids is 1. The van der Waals surface area contributed by atoms with Crippen molar-refractivity contribution in [1.29, 1.82) is 0 Å². The van der Waals surface area contributed by atoms with Crippen LogP contribution < -0.4 is 15.0 Å². The predicted octanol–water partition coefficient (Wildman–Crippen LogP) is 3.18. The summed E-state index contributed by atoms with van der Waals surface area (Å²) < 4.78 is 50.9. The summed E-state index contributed by atoms with van der Waals surface area (Å²) in [7, 11) is -3.39. The fourth-order valence-corrected chi connectivity index (χ4v) is 10.6. The first-order chi connectivity index (χ1) is 22.9. The number of hydrogen-bond acceptors (Lipinski definition) is 9. The number of piperidine rings is 1. The van der Waals surface area contributed by atoms with Crippen molar-refractivity contribution in [2.24, 2.45) is 11.3 Å². The summed E-state index contributed by atoms with van der Waals surface area (Å²) >= 11 is 0. The second kappa shape index (κ2) is 13.1. The van der Waals surface area contributed by atoms with Crippen molar-refractivity contribution < 1.29 is 22.3 Å². The minimum atomic E-state index is -3.39. The molecule has 3 atom stereocenters. The maximum Gasteiger partial charge on any atom is 0.282 e. The molecule has 1 aromatic heterocycles. The maximum absolute atomic E-state index is 14.4. The smallest absolute Gasteiger partial charge is 0.282 e. The first-order valence-corrected chi connectivity index (χ1v) is 18.9. The van der Waals surface area contributed by atoms with Gasteiger partial charge in [-0.15, -0.1) is 0 Å². The highest BCUT2D eigenvalue weighted by Crippen LogP contribution is 2.45. The Bertz CT molecular complexity index is 1600. The number of nitrogens with one attached hydrogen (secondary N) is 1. The van der Waals surface area contributed by atoms with Gasteiger partial charge in [0.2, 0.25) is 0 Å². The zero-order valence-electron chi connectivity index (χ0n) is 28.5. The van der Waals surface area contributed by atoms with Crippen LogP contribution >= 0.6 is 0 Å². The lowest BCUT2D eigenvalue weighted by atomic mass is 9.72. The van der Waals surface area contributed by atoms with Gasteiger partial charge in [-0.05, 0) is 90.6 Å². The lowest BCUT2D eigenvalue weighted by Gasteiger charge is -2.54.